The molecule has 132 valence electrons. The number of hydrogen-bond acceptors (Lipinski definition) is 4. The Morgan fingerprint density at radius 3 is 2.32 bits per heavy atom. The molecule has 2 rings (SSSR count). The van der Waals surface area contributed by atoms with Gasteiger partial charge in [0.1, 0.15) is 0 Å². The van der Waals surface area contributed by atoms with E-state index in [2.05, 4.69) is 26.6 Å². The molecule has 0 atom stereocenters. The number of nitrogens with zero attached hydrogens (tertiary/aromatic N) is 1. The molecule has 0 aliphatic carbocycles. The zero-order chi connectivity index (χ0) is 18.6. The third-order valence-corrected chi connectivity index (χ3v) is 3.86. The first-order valence-corrected chi connectivity index (χ1v) is 8.25. The third kappa shape index (κ3) is 4.93. The van der Waals surface area contributed by atoms with Gasteiger partial charge in [-0.05, 0) is 52.7 Å². The highest BCUT2D eigenvalue weighted by Crippen LogP contribution is 2.23. The molecule has 0 bridgehead atoms. The van der Waals surface area contributed by atoms with Gasteiger partial charge in [-0.15, -0.1) is 0 Å². The number of rotatable bonds is 5. The lowest BCUT2D eigenvalue weighted by atomic mass is 10.1. The molecule has 0 radical (unpaired) electrons. The summed E-state index contributed by atoms with van der Waals surface area (Å²) in [6.07, 6.45) is 0. The normalized spacial score (nSPS) is 10.2. The molecule has 1 aromatic carbocycles. The first kappa shape index (κ1) is 18.7. The minimum Gasteiger partial charge on any atom is -0.444 e. The highest BCUT2D eigenvalue weighted by Gasteiger charge is 2.18. The summed E-state index contributed by atoms with van der Waals surface area (Å²) >= 11 is 3.13. The van der Waals surface area contributed by atoms with Crippen LogP contribution in [0.4, 0.5) is 11.4 Å². The molecule has 0 aliphatic heterocycles. The smallest absolute Gasteiger partial charge is 0.289 e. The second-order valence-electron chi connectivity index (χ2n) is 5.47. The van der Waals surface area contributed by atoms with Crippen LogP contribution in [-0.4, -0.2) is 36.2 Å². The molecule has 0 fully saturated rings. The fourth-order valence-corrected chi connectivity index (χ4v) is 2.50. The highest BCUT2D eigenvalue weighted by atomic mass is 79.9. The fraction of sp³-hybridized carbons (Fsp3) is 0.235. The minimum absolute atomic E-state index is 0.138. The van der Waals surface area contributed by atoms with Crippen molar-refractivity contribution in [3.05, 3.63) is 46.3 Å². The van der Waals surface area contributed by atoms with Crippen LogP contribution in [0, 0.1) is 6.92 Å². The Bertz CT molecular complexity index is 816. The van der Waals surface area contributed by atoms with Crippen LogP contribution in [0.5, 0.6) is 0 Å². The second-order valence-corrected chi connectivity index (χ2v) is 6.25. The molecule has 2 aromatic rings. The molecular weight excluding hydrogens is 390 g/mol. The van der Waals surface area contributed by atoms with E-state index in [0.29, 0.717) is 16.0 Å². The highest BCUT2D eigenvalue weighted by molar-refractivity contribution is 9.10. The van der Waals surface area contributed by atoms with Crippen LogP contribution < -0.4 is 10.6 Å². The van der Waals surface area contributed by atoms with E-state index in [9.17, 15) is 14.4 Å². The average molecular weight is 408 g/mol. The lowest BCUT2D eigenvalue weighted by molar-refractivity contribution is -0.116. The first-order valence-electron chi connectivity index (χ1n) is 7.45. The summed E-state index contributed by atoms with van der Waals surface area (Å²) < 4.78 is 5.64. The summed E-state index contributed by atoms with van der Waals surface area (Å²) in [5.41, 5.74) is 1.92. The molecule has 25 heavy (non-hydrogen) atoms. The summed E-state index contributed by atoms with van der Waals surface area (Å²) in [4.78, 5) is 36.8. The van der Waals surface area contributed by atoms with Crippen LogP contribution in [0.25, 0.3) is 0 Å². The summed E-state index contributed by atoms with van der Waals surface area (Å²) in [7, 11) is 1.51. The Balaban J connectivity index is 2.02. The van der Waals surface area contributed by atoms with Gasteiger partial charge in [-0.25, -0.2) is 0 Å². The summed E-state index contributed by atoms with van der Waals surface area (Å²) in [6, 6.07) is 8.34. The molecule has 1 aromatic heterocycles. The van der Waals surface area contributed by atoms with Gasteiger partial charge in [0.05, 0.1) is 6.54 Å². The number of likely N-dealkylation sites (N-methyl/N-ethyl adjacent to an activating group) is 1. The maximum atomic E-state index is 12.2. The van der Waals surface area contributed by atoms with Crippen molar-refractivity contribution < 1.29 is 18.8 Å². The van der Waals surface area contributed by atoms with Gasteiger partial charge in [-0.1, -0.05) is 6.07 Å². The number of carbonyl (C=O) groups excluding carboxylic acids is 3. The predicted molar refractivity (Wildman–Crippen MR) is 97.5 cm³/mol. The Morgan fingerprint density at radius 1 is 1.12 bits per heavy atom. The van der Waals surface area contributed by atoms with Crippen LogP contribution in [-0.2, 0) is 9.59 Å². The molecule has 7 nitrogen and oxygen atoms in total. The number of nitrogens with one attached hydrogen (secondary N) is 2. The van der Waals surface area contributed by atoms with E-state index in [4.69, 9.17) is 4.42 Å². The third-order valence-electron chi connectivity index (χ3n) is 3.43. The number of benzene rings is 1. The topological polar surface area (TPSA) is 91.7 Å². The van der Waals surface area contributed by atoms with E-state index < -0.39 is 5.91 Å². The summed E-state index contributed by atoms with van der Waals surface area (Å²) in [6.45, 7) is 3.06. The molecule has 8 heteroatoms. The van der Waals surface area contributed by atoms with E-state index in [1.807, 2.05) is 0 Å². The monoisotopic (exact) mass is 407 g/mol. The Morgan fingerprint density at radius 2 is 1.76 bits per heavy atom. The molecule has 0 saturated carbocycles. The predicted octanol–water partition coefficient (Wildman–Crippen LogP) is 3.02. The van der Waals surface area contributed by atoms with E-state index >= 15 is 0 Å². The molecule has 0 spiro atoms. The SMILES string of the molecule is CC(=O)Nc1cccc(NC(=O)CN(C)C(=O)c2ccc(Br)o2)c1C. The lowest BCUT2D eigenvalue weighted by Crippen LogP contribution is -2.34. The molecule has 3 amide bonds. The minimum atomic E-state index is -0.399. The van der Waals surface area contributed by atoms with Gasteiger partial charge in [0.25, 0.3) is 5.91 Å². The van der Waals surface area contributed by atoms with Crippen LogP contribution in [0.2, 0.25) is 0 Å². The molecule has 0 aliphatic rings. The average Bonchev–Trinajstić information content (AvgIpc) is 2.96. The van der Waals surface area contributed by atoms with E-state index in [0.717, 1.165) is 5.56 Å². The van der Waals surface area contributed by atoms with Gasteiger partial charge >= 0.3 is 0 Å². The van der Waals surface area contributed by atoms with Crippen LogP contribution in [0.3, 0.4) is 0 Å². The van der Waals surface area contributed by atoms with Gasteiger partial charge in [0, 0.05) is 25.3 Å². The number of halogens is 1. The zero-order valence-electron chi connectivity index (χ0n) is 14.1. The molecular formula is C17H18BrN3O4. The van der Waals surface area contributed by atoms with Gasteiger partial charge in [0.15, 0.2) is 10.4 Å². The largest absolute Gasteiger partial charge is 0.444 e. The zero-order valence-corrected chi connectivity index (χ0v) is 15.6. The number of hydrogen-bond donors (Lipinski definition) is 2. The standard InChI is InChI=1S/C17H18BrN3O4/c1-10-12(19-11(2)22)5-4-6-13(10)20-16(23)9-21(3)17(24)14-7-8-15(18)25-14/h4-8H,9H2,1-3H3,(H,19,22)(H,20,23). The van der Waals surface area contributed by atoms with Crippen molar-refractivity contribution in [2.24, 2.45) is 0 Å². The van der Waals surface area contributed by atoms with Crippen molar-refractivity contribution in [3.63, 3.8) is 0 Å². The quantitative estimate of drug-likeness (QED) is 0.796. The van der Waals surface area contributed by atoms with Crippen molar-refractivity contribution >= 4 is 45.0 Å². The maximum absolute atomic E-state index is 12.2. The summed E-state index contributed by atoms with van der Waals surface area (Å²) in [5, 5.41) is 5.44. The Labute approximate surface area is 153 Å². The number of furan rings is 1. The fourth-order valence-electron chi connectivity index (χ4n) is 2.19. The lowest BCUT2D eigenvalue weighted by Gasteiger charge is -2.17. The maximum Gasteiger partial charge on any atom is 0.289 e. The van der Waals surface area contributed by atoms with Gasteiger partial charge < -0.3 is 20.0 Å². The van der Waals surface area contributed by atoms with Crippen molar-refractivity contribution in [2.45, 2.75) is 13.8 Å². The van der Waals surface area contributed by atoms with Gasteiger partial charge in [-0.3, -0.25) is 14.4 Å². The van der Waals surface area contributed by atoms with Gasteiger partial charge in [-0.2, -0.15) is 0 Å². The number of anilines is 2. The molecule has 2 N–H and O–H groups in total. The van der Waals surface area contributed by atoms with Crippen LogP contribution in [0.15, 0.2) is 39.4 Å². The van der Waals surface area contributed by atoms with Crippen LogP contribution >= 0.6 is 15.9 Å². The van der Waals surface area contributed by atoms with E-state index in [-0.39, 0.29) is 24.1 Å². The van der Waals surface area contributed by atoms with Crippen molar-refractivity contribution in [2.75, 3.05) is 24.2 Å². The van der Waals surface area contributed by atoms with Crippen LogP contribution in [0.1, 0.15) is 23.0 Å². The molecule has 0 saturated heterocycles. The van der Waals surface area contributed by atoms with Gasteiger partial charge in [0.2, 0.25) is 11.8 Å². The van der Waals surface area contributed by atoms with Crippen molar-refractivity contribution in [1.29, 1.82) is 0 Å². The van der Waals surface area contributed by atoms with E-state index in [1.54, 1.807) is 31.2 Å². The molecule has 0 unspecified atom stereocenters. The Hall–Kier alpha value is -2.61. The van der Waals surface area contributed by atoms with Crippen molar-refractivity contribution in [3.8, 4) is 0 Å². The summed E-state index contributed by atoms with van der Waals surface area (Å²) in [5.74, 6) is -0.804. The van der Waals surface area contributed by atoms with Crippen molar-refractivity contribution in [1.82, 2.24) is 4.90 Å². The Kier molecular flexibility index (Phi) is 5.97. The second kappa shape index (κ2) is 7.98. The number of carbonyl (C=O) groups is 3. The van der Waals surface area contributed by atoms with E-state index in [1.165, 1.54) is 24.9 Å². The first-order chi connectivity index (χ1) is 11.8. The number of amides is 3. The molecule has 1 heterocycles.